The van der Waals surface area contributed by atoms with Crippen LogP contribution in [-0.2, 0) is 6.54 Å². The highest BCUT2D eigenvalue weighted by atomic mass is 127. The molecule has 0 amide bonds. The largest absolute Gasteiger partial charge is 0.369 e. The second-order valence-corrected chi connectivity index (χ2v) is 7.57. The molecular formula is C21H30ClIN6. The minimum Gasteiger partial charge on any atom is -0.369 e. The summed E-state index contributed by atoms with van der Waals surface area (Å²) < 4.78 is 0. The highest BCUT2D eigenvalue weighted by molar-refractivity contribution is 14.0. The van der Waals surface area contributed by atoms with Gasteiger partial charge in [0.2, 0.25) is 0 Å². The second-order valence-electron chi connectivity index (χ2n) is 7.13. The van der Waals surface area contributed by atoms with Crippen LogP contribution in [-0.4, -0.2) is 50.7 Å². The number of pyridine rings is 1. The van der Waals surface area contributed by atoms with Crippen LogP contribution in [0.3, 0.4) is 0 Å². The molecule has 0 aliphatic carbocycles. The Bertz CT molecular complexity index is 813. The van der Waals surface area contributed by atoms with Crippen molar-refractivity contribution in [3.05, 3.63) is 53.2 Å². The number of aromatic nitrogens is 1. The highest BCUT2D eigenvalue weighted by Gasteiger charge is 2.23. The van der Waals surface area contributed by atoms with E-state index in [9.17, 15) is 0 Å². The molecule has 1 aliphatic rings. The SMILES string of the molecule is CCNC(=NCc1cccc(N(C)C)n1)NC1CCN(c2cccc(Cl)c2)C1.I. The molecule has 2 heterocycles. The van der Waals surface area contributed by atoms with Crippen LogP contribution in [0, 0.1) is 0 Å². The predicted octanol–water partition coefficient (Wildman–Crippen LogP) is 3.75. The molecule has 6 nitrogen and oxygen atoms in total. The van der Waals surface area contributed by atoms with Gasteiger partial charge in [-0.25, -0.2) is 9.98 Å². The minimum absolute atomic E-state index is 0. The van der Waals surface area contributed by atoms with Crippen molar-refractivity contribution in [2.75, 3.05) is 43.5 Å². The number of nitrogens with one attached hydrogen (secondary N) is 2. The van der Waals surface area contributed by atoms with Crippen molar-refractivity contribution in [1.29, 1.82) is 0 Å². The molecule has 1 aliphatic heterocycles. The van der Waals surface area contributed by atoms with Gasteiger partial charge in [-0.1, -0.05) is 23.7 Å². The van der Waals surface area contributed by atoms with E-state index in [4.69, 9.17) is 16.6 Å². The van der Waals surface area contributed by atoms with Crippen molar-refractivity contribution >= 4 is 53.0 Å². The normalized spacial score (nSPS) is 16.3. The van der Waals surface area contributed by atoms with Crippen LogP contribution in [0.2, 0.25) is 5.02 Å². The number of halogens is 2. The number of rotatable bonds is 6. The summed E-state index contributed by atoms with van der Waals surface area (Å²) in [6, 6.07) is 14.4. The zero-order chi connectivity index (χ0) is 19.9. The van der Waals surface area contributed by atoms with Gasteiger partial charge in [0.05, 0.1) is 12.2 Å². The zero-order valence-electron chi connectivity index (χ0n) is 17.2. The number of aliphatic imine (C=N–C) groups is 1. The third-order valence-electron chi connectivity index (χ3n) is 4.70. The van der Waals surface area contributed by atoms with Crippen molar-refractivity contribution in [3.8, 4) is 0 Å². The summed E-state index contributed by atoms with van der Waals surface area (Å²) in [6.07, 6.45) is 1.06. The Kier molecular flexibility index (Phi) is 9.29. The van der Waals surface area contributed by atoms with Crippen LogP contribution in [0.25, 0.3) is 0 Å². The van der Waals surface area contributed by atoms with Gasteiger partial charge in [-0.2, -0.15) is 0 Å². The molecule has 0 saturated carbocycles. The van der Waals surface area contributed by atoms with E-state index in [2.05, 4.69) is 33.5 Å². The van der Waals surface area contributed by atoms with Crippen molar-refractivity contribution in [2.24, 2.45) is 4.99 Å². The molecule has 0 bridgehead atoms. The fourth-order valence-corrected chi connectivity index (χ4v) is 3.45. The molecule has 1 atom stereocenters. The lowest BCUT2D eigenvalue weighted by Crippen LogP contribution is -2.44. The van der Waals surface area contributed by atoms with E-state index in [0.29, 0.717) is 12.6 Å². The van der Waals surface area contributed by atoms with Crippen LogP contribution < -0.4 is 20.4 Å². The number of anilines is 2. The van der Waals surface area contributed by atoms with Gasteiger partial charge in [-0.3, -0.25) is 0 Å². The van der Waals surface area contributed by atoms with Crippen LogP contribution in [0.4, 0.5) is 11.5 Å². The summed E-state index contributed by atoms with van der Waals surface area (Å²) >= 11 is 6.13. The maximum Gasteiger partial charge on any atom is 0.191 e. The fraction of sp³-hybridized carbons (Fsp3) is 0.429. The average Bonchev–Trinajstić information content (AvgIpc) is 3.15. The molecule has 29 heavy (non-hydrogen) atoms. The third-order valence-corrected chi connectivity index (χ3v) is 4.93. The summed E-state index contributed by atoms with van der Waals surface area (Å²) in [6.45, 7) is 5.38. The first-order valence-corrected chi connectivity index (χ1v) is 10.1. The minimum atomic E-state index is 0. The van der Waals surface area contributed by atoms with Gasteiger partial charge >= 0.3 is 0 Å². The van der Waals surface area contributed by atoms with Gasteiger partial charge in [0, 0.05) is 50.5 Å². The Labute approximate surface area is 195 Å². The molecule has 158 valence electrons. The topological polar surface area (TPSA) is 55.8 Å². The van der Waals surface area contributed by atoms with Gasteiger partial charge in [0.25, 0.3) is 0 Å². The molecule has 2 N–H and O–H groups in total. The zero-order valence-corrected chi connectivity index (χ0v) is 20.3. The first-order chi connectivity index (χ1) is 13.5. The van der Waals surface area contributed by atoms with E-state index in [1.807, 2.05) is 55.4 Å². The van der Waals surface area contributed by atoms with E-state index < -0.39 is 0 Å². The molecular weight excluding hydrogens is 499 g/mol. The van der Waals surface area contributed by atoms with E-state index in [-0.39, 0.29) is 24.0 Å². The Balaban J connectivity index is 0.00000300. The summed E-state index contributed by atoms with van der Waals surface area (Å²) in [5.74, 6) is 1.77. The lowest BCUT2D eigenvalue weighted by atomic mass is 10.2. The highest BCUT2D eigenvalue weighted by Crippen LogP contribution is 2.23. The maximum absolute atomic E-state index is 6.13. The van der Waals surface area contributed by atoms with Crippen LogP contribution in [0.5, 0.6) is 0 Å². The molecule has 1 aromatic heterocycles. The van der Waals surface area contributed by atoms with Crippen LogP contribution in [0.1, 0.15) is 19.0 Å². The lowest BCUT2D eigenvalue weighted by Gasteiger charge is -2.20. The summed E-state index contributed by atoms with van der Waals surface area (Å²) in [7, 11) is 3.99. The van der Waals surface area contributed by atoms with E-state index >= 15 is 0 Å². The average molecular weight is 529 g/mol. The molecule has 8 heteroatoms. The second kappa shape index (κ2) is 11.4. The Hall–Kier alpha value is -1.74. The summed E-state index contributed by atoms with van der Waals surface area (Å²) in [4.78, 5) is 13.7. The number of benzene rings is 1. The molecule has 1 fully saturated rings. The van der Waals surface area contributed by atoms with Crippen molar-refractivity contribution in [3.63, 3.8) is 0 Å². The maximum atomic E-state index is 6.13. The fourth-order valence-electron chi connectivity index (χ4n) is 3.26. The lowest BCUT2D eigenvalue weighted by molar-refractivity contribution is 0.648. The van der Waals surface area contributed by atoms with E-state index in [0.717, 1.165) is 48.5 Å². The van der Waals surface area contributed by atoms with Crippen molar-refractivity contribution < 1.29 is 0 Å². The predicted molar refractivity (Wildman–Crippen MR) is 134 cm³/mol. The first kappa shape index (κ1) is 23.5. The van der Waals surface area contributed by atoms with E-state index in [1.54, 1.807) is 0 Å². The number of hydrogen-bond acceptors (Lipinski definition) is 4. The van der Waals surface area contributed by atoms with Gasteiger partial charge in [-0.05, 0) is 43.7 Å². The molecule has 0 radical (unpaired) electrons. The molecule has 2 aromatic rings. The monoisotopic (exact) mass is 528 g/mol. The summed E-state index contributed by atoms with van der Waals surface area (Å²) in [5.41, 5.74) is 2.12. The van der Waals surface area contributed by atoms with Gasteiger partial charge in [0.1, 0.15) is 5.82 Å². The van der Waals surface area contributed by atoms with E-state index in [1.165, 1.54) is 5.69 Å². The molecule has 1 saturated heterocycles. The molecule has 1 unspecified atom stereocenters. The van der Waals surface area contributed by atoms with Gasteiger partial charge in [0.15, 0.2) is 5.96 Å². The quantitative estimate of drug-likeness (QED) is 0.340. The third kappa shape index (κ3) is 6.92. The molecule has 3 rings (SSSR count). The smallest absolute Gasteiger partial charge is 0.191 e. The van der Waals surface area contributed by atoms with Crippen LogP contribution in [0.15, 0.2) is 47.5 Å². The Morgan fingerprint density at radius 2 is 2.07 bits per heavy atom. The number of hydrogen-bond donors (Lipinski definition) is 2. The molecule has 1 aromatic carbocycles. The number of nitrogens with zero attached hydrogens (tertiary/aromatic N) is 4. The van der Waals surface area contributed by atoms with Crippen molar-refractivity contribution in [2.45, 2.75) is 25.9 Å². The van der Waals surface area contributed by atoms with Crippen molar-refractivity contribution in [1.82, 2.24) is 15.6 Å². The first-order valence-electron chi connectivity index (χ1n) is 9.73. The van der Waals surface area contributed by atoms with Gasteiger partial charge in [-0.15, -0.1) is 24.0 Å². The molecule has 0 spiro atoms. The number of guanidine groups is 1. The van der Waals surface area contributed by atoms with Crippen LogP contribution >= 0.6 is 35.6 Å². The Morgan fingerprint density at radius 3 is 2.79 bits per heavy atom. The Morgan fingerprint density at radius 1 is 1.28 bits per heavy atom. The summed E-state index contributed by atoms with van der Waals surface area (Å²) in [5, 5.41) is 7.68. The van der Waals surface area contributed by atoms with Gasteiger partial charge < -0.3 is 20.4 Å². The standard InChI is InChI=1S/C21H29ClN6.HI/c1-4-23-21(24-14-17-8-6-10-20(25-17)27(2)3)26-18-11-12-28(15-18)19-9-5-7-16(22)13-19;/h5-10,13,18H,4,11-12,14-15H2,1-3H3,(H2,23,24,26);1H.